The number of benzene rings is 1. The first-order valence-corrected chi connectivity index (χ1v) is 7.17. The fourth-order valence-electron chi connectivity index (χ4n) is 2.04. The predicted octanol–water partition coefficient (Wildman–Crippen LogP) is 3.86. The Labute approximate surface area is 142 Å². The Morgan fingerprint density at radius 2 is 1.87 bits per heavy atom. The highest BCUT2D eigenvalue weighted by atomic mass is 35.5. The summed E-state index contributed by atoms with van der Waals surface area (Å²) in [6.45, 7) is 0. The van der Waals surface area contributed by atoms with Gasteiger partial charge in [0.05, 0.1) is 16.9 Å². The summed E-state index contributed by atoms with van der Waals surface area (Å²) >= 11 is 17.3. The van der Waals surface area contributed by atoms with Crippen molar-refractivity contribution in [1.82, 2.24) is 20.0 Å². The smallest absolute Gasteiger partial charge is 0.267 e. The zero-order valence-corrected chi connectivity index (χ0v) is 13.2. The molecule has 10 heteroatoms. The molecule has 118 valence electrons. The average molecular weight is 378 g/mol. The number of rotatable bonds is 2. The first kappa shape index (κ1) is 15.9. The third-order valence-electron chi connectivity index (χ3n) is 3.02. The van der Waals surface area contributed by atoms with E-state index in [1.54, 1.807) is 0 Å². The molecule has 2 heterocycles. The Morgan fingerprint density at radius 1 is 1.13 bits per heavy atom. The van der Waals surface area contributed by atoms with E-state index < -0.39 is 27.8 Å². The zero-order chi connectivity index (χ0) is 16.7. The lowest BCUT2D eigenvalue weighted by Crippen LogP contribution is -2.11. The Balaban J connectivity index is 2.42. The van der Waals surface area contributed by atoms with Crippen LogP contribution in [0.15, 0.2) is 29.3 Å². The second-order valence-corrected chi connectivity index (χ2v) is 5.57. The van der Waals surface area contributed by atoms with Crippen LogP contribution in [0.3, 0.4) is 0 Å². The molecule has 0 amide bonds. The van der Waals surface area contributed by atoms with E-state index >= 15 is 0 Å². The number of aromatic amines is 1. The van der Waals surface area contributed by atoms with Crippen molar-refractivity contribution in [3.63, 3.8) is 0 Å². The van der Waals surface area contributed by atoms with Gasteiger partial charge in [0.1, 0.15) is 10.8 Å². The molecular weight excluding hydrogens is 373 g/mol. The zero-order valence-electron chi connectivity index (χ0n) is 10.9. The largest absolute Gasteiger partial charge is 0.325 e. The second-order valence-electron chi connectivity index (χ2n) is 4.40. The molecular formula is C13H5Cl3F2N4O. The minimum Gasteiger partial charge on any atom is -0.325 e. The highest BCUT2D eigenvalue weighted by Gasteiger charge is 2.23. The topological polar surface area (TPSA) is 63.6 Å². The van der Waals surface area contributed by atoms with Crippen LogP contribution in [0.25, 0.3) is 16.8 Å². The Morgan fingerprint density at radius 3 is 2.52 bits per heavy atom. The van der Waals surface area contributed by atoms with E-state index in [1.165, 1.54) is 18.3 Å². The maximum atomic E-state index is 14.6. The molecule has 1 aromatic carbocycles. The molecule has 5 nitrogen and oxygen atoms in total. The van der Waals surface area contributed by atoms with Gasteiger partial charge in [0.15, 0.2) is 11.0 Å². The first-order chi connectivity index (χ1) is 10.9. The number of aromatic nitrogens is 4. The lowest BCUT2D eigenvalue weighted by atomic mass is 10.0. The summed E-state index contributed by atoms with van der Waals surface area (Å²) in [6.07, 6.45) is 2.06. The van der Waals surface area contributed by atoms with Gasteiger partial charge in [-0.25, -0.2) is 13.5 Å². The molecule has 3 aromatic rings. The van der Waals surface area contributed by atoms with Crippen LogP contribution in [0, 0.1) is 11.6 Å². The second kappa shape index (κ2) is 5.92. The number of nitrogens with zero attached hydrogens (tertiary/aromatic N) is 3. The van der Waals surface area contributed by atoms with Crippen molar-refractivity contribution in [2.45, 2.75) is 0 Å². The molecule has 0 saturated heterocycles. The van der Waals surface area contributed by atoms with Crippen molar-refractivity contribution in [3.05, 3.63) is 61.7 Å². The Bertz CT molecular complexity index is 970. The van der Waals surface area contributed by atoms with Crippen LogP contribution in [0.1, 0.15) is 0 Å². The Kier molecular flexibility index (Phi) is 4.09. The van der Waals surface area contributed by atoms with E-state index in [-0.39, 0.29) is 21.4 Å². The van der Waals surface area contributed by atoms with E-state index in [0.717, 1.165) is 10.9 Å². The van der Waals surface area contributed by atoms with Gasteiger partial charge in [0, 0.05) is 17.3 Å². The molecule has 0 spiro atoms. The highest BCUT2D eigenvalue weighted by molar-refractivity contribution is 6.34. The molecule has 0 fully saturated rings. The van der Waals surface area contributed by atoms with E-state index in [0.29, 0.717) is 0 Å². The standard InChI is InChI=1S/C13H5Cl3F2N4O/c14-5-1-2-7(22-4-8(15)20-21-22)10(12(5)18)9-6(17)3-19-13(23)11(9)16/h1-4H,(H,19,23). The number of pyridine rings is 1. The molecule has 0 aliphatic heterocycles. The SMILES string of the molecule is O=c1[nH]cc(F)c(-c2c(-n3cc(Cl)nn3)ccc(Cl)c2F)c1Cl. The third-order valence-corrected chi connectivity index (χ3v) is 3.85. The summed E-state index contributed by atoms with van der Waals surface area (Å²) in [4.78, 5) is 13.7. The summed E-state index contributed by atoms with van der Waals surface area (Å²) in [6, 6.07) is 2.63. The molecule has 3 rings (SSSR count). The average Bonchev–Trinajstić information content (AvgIpc) is 2.94. The lowest BCUT2D eigenvalue weighted by molar-refractivity contribution is 0.610. The van der Waals surface area contributed by atoms with Crippen molar-refractivity contribution < 1.29 is 8.78 Å². The van der Waals surface area contributed by atoms with Gasteiger partial charge in [-0.3, -0.25) is 4.79 Å². The fourth-order valence-corrected chi connectivity index (χ4v) is 2.57. The monoisotopic (exact) mass is 376 g/mol. The van der Waals surface area contributed by atoms with Gasteiger partial charge in [-0.1, -0.05) is 40.0 Å². The Hall–Kier alpha value is -1.96. The van der Waals surface area contributed by atoms with Crippen molar-refractivity contribution in [2.75, 3.05) is 0 Å². The lowest BCUT2D eigenvalue weighted by Gasteiger charge is -2.13. The van der Waals surface area contributed by atoms with Crippen LogP contribution in [-0.4, -0.2) is 20.0 Å². The highest BCUT2D eigenvalue weighted by Crippen LogP contribution is 2.37. The number of halogens is 5. The molecule has 0 aliphatic carbocycles. The van der Waals surface area contributed by atoms with Crippen LogP contribution < -0.4 is 5.56 Å². The fraction of sp³-hybridized carbons (Fsp3) is 0. The molecule has 2 aromatic heterocycles. The van der Waals surface area contributed by atoms with Gasteiger partial charge in [-0.05, 0) is 12.1 Å². The summed E-state index contributed by atoms with van der Waals surface area (Å²) in [5, 5.41) is 6.53. The minimum absolute atomic E-state index is 0.0452. The van der Waals surface area contributed by atoms with E-state index in [1.807, 2.05) is 0 Å². The van der Waals surface area contributed by atoms with E-state index in [2.05, 4.69) is 15.3 Å². The number of nitrogens with one attached hydrogen (secondary N) is 1. The van der Waals surface area contributed by atoms with Crippen molar-refractivity contribution in [3.8, 4) is 16.8 Å². The molecule has 1 N–H and O–H groups in total. The molecule has 0 bridgehead atoms. The van der Waals surface area contributed by atoms with Gasteiger partial charge in [0.25, 0.3) is 5.56 Å². The van der Waals surface area contributed by atoms with Gasteiger partial charge in [0.2, 0.25) is 0 Å². The van der Waals surface area contributed by atoms with Crippen LogP contribution in [0.4, 0.5) is 8.78 Å². The summed E-state index contributed by atoms with van der Waals surface area (Å²) in [7, 11) is 0. The number of H-pyrrole nitrogens is 1. The van der Waals surface area contributed by atoms with Crippen LogP contribution >= 0.6 is 34.8 Å². The van der Waals surface area contributed by atoms with Gasteiger partial charge >= 0.3 is 0 Å². The molecule has 0 aliphatic rings. The minimum atomic E-state index is -0.956. The molecule has 0 unspecified atom stereocenters. The molecule has 0 radical (unpaired) electrons. The van der Waals surface area contributed by atoms with Crippen LogP contribution in [0.5, 0.6) is 0 Å². The van der Waals surface area contributed by atoms with Crippen molar-refractivity contribution in [2.24, 2.45) is 0 Å². The van der Waals surface area contributed by atoms with Gasteiger partial charge in [-0.2, -0.15) is 0 Å². The summed E-state index contributed by atoms with van der Waals surface area (Å²) < 4.78 is 29.9. The van der Waals surface area contributed by atoms with Crippen LogP contribution in [0.2, 0.25) is 15.2 Å². The molecule has 23 heavy (non-hydrogen) atoms. The first-order valence-electron chi connectivity index (χ1n) is 6.03. The maximum absolute atomic E-state index is 14.6. The van der Waals surface area contributed by atoms with Crippen molar-refractivity contribution >= 4 is 34.8 Å². The predicted molar refractivity (Wildman–Crippen MR) is 82.4 cm³/mol. The number of hydrogen-bond donors (Lipinski definition) is 1. The normalized spacial score (nSPS) is 11.0. The van der Waals surface area contributed by atoms with Gasteiger partial charge < -0.3 is 4.98 Å². The van der Waals surface area contributed by atoms with Crippen molar-refractivity contribution in [1.29, 1.82) is 0 Å². The van der Waals surface area contributed by atoms with Gasteiger partial charge in [-0.15, -0.1) is 5.10 Å². The summed E-state index contributed by atoms with van der Waals surface area (Å²) in [5.41, 5.74) is -1.47. The van der Waals surface area contributed by atoms with E-state index in [4.69, 9.17) is 34.8 Å². The third kappa shape index (κ3) is 2.71. The number of hydrogen-bond acceptors (Lipinski definition) is 3. The van der Waals surface area contributed by atoms with E-state index in [9.17, 15) is 13.6 Å². The quantitative estimate of drug-likeness (QED) is 0.737. The molecule has 0 atom stereocenters. The molecule has 0 saturated carbocycles. The summed E-state index contributed by atoms with van der Waals surface area (Å²) in [5.74, 6) is -1.88. The maximum Gasteiger partial charge on any atom is 0.267 e. The van der Waals surface area contributed by atoms with Crippen LogP contribution in [-0.2, 0) is 0 Å².